The predicted molar refractivity (Wildman–Crippen MR) is 455 cm³/mol. The van der Waals surface area contributed by atoms with E-state index in [4.69, 9.17) is 45.9 Å². The predicted octanol–water partition coefficient (Wildman–Crippen LogP) is 11.5. The summed E-state index contributed by atoms with van der Waals surface area (Å²) in [5, 5.41) is 17.7. The maximum atomic E-state index is 13.9. The maximum Gasteiger partial charge on any atom is 0.243 e. The number of amides is 6. The number of nitrogens with two attached hydrogens (primary N) is 8. The zero-order chi connectivity index (χ0) is 82.9. The van der Waals surface area contributed by atoms with Crippen LogP contribution in [0, 0.1) is 5.92 Å². The number of carbonyl (C=O) groups excluding carboxylic acids is 11. The highest BCUT2D eigenvalue weighted by molar-refractivity contribution is 6.41. The minimum absolute atomic E-state index is 0.0153. The fourth-order valence-corrected chi connectivity index (χ4v) is 14.3. The molecule has 25 nitrogen and oxygen atoms in total. The van der Waals surface area contributed by atoms with E-state index in [0.717, 1.165) is 167 Å². The average Bonchev–Trinajstić information content (AvgIpc) is 0.852. The molecule has 652 valence electrons. The Morgan fingerprint density at radius 3 is 0.759 bits per heavy atom. The van der Waals surface area contributed by atoms with Crippen molar-refractivity contribution in [3.63, 3.8) is 0 Å². The molecule has 0 bridgehead atoms. The summed E-state index contributed by atoms with van der Waals surface area (Å²) in [5.41, 5.74) is 46.4. The molecule has 0 rings (SSSR count). The fourth-order valence-electron chi connectivity index (χ4n) is 14.3. The van der Waals surface area contributed by atoms with E-state index in [-0.39, 0.29) is 84.0 Å². The van der Waals surface area contributed by atoms with Crippen molar-refractivity contribution in [2.24, 2.45) is 51.8 Å². The second-order valence-corrected chi connectivity index (χ2v) is 32.1. The van der Waals surface area contributed by atoms with Crippen LogP contribution in [-0.4, -0.2) is 152 Å². The summed E-state index contributed by atoms with van der Waals surface area (Å²) >= 11 is 0. The van der Waals surface area contributed by atoms with E-state index in [1.165, 1.54) is 25.7 Å². The molecule has 0 radical (unpaired) electrons. The summed E-state index contributed by atoms with van der Waals surface area (Å²) in [4.78, 5) is 148. The first-order chi connectivity index (χ1) is 54.3. The van der Waals surface area contributed by atoms with Crippen LogP contribution < -0.4 is 77.8 Å². The second-order valence-electron chi connectivity index (χ2n) is 32.1. The van der Waals surface area contributed by atoms with Crippen molar-refractivity contribution in [1.29, 1.82) is 0 Å². The summed E-state index contributed by atoms with van der Waals surface area (Å²) in [6.45, 7) is 7.40. The van der Waals surface area contributed by atoms with Crippen LogP contribution in [0.25, 0.3) is 0 Å². The van der Waals surface area contributed by atoms with Gasteiger partial charge in [-0.1, -0.05) is 181 Å². The molecule has 112 heavy (non-hydrogen) atoms. The molecular weight excluding hydrogens is 1420 g/mol. The van der Waals surface area contributed by atoms with Gasteiger partial charge < -0.3 is 77.8 Å². The quantitative estimate of drug-likeness (QED) is 0.0199. The van der Waals surface area contributed by atoms with Crippen molar-refractivity contribution in [2.75, 3.05) is 45.8 Å². The van der Waals surface area contributed by atoms with Gasteiger partial charge in [0.05, 0.1) is 30.2 Å². The van der Waals surface area contributed by atoms with Crippen molar-refractivity contribution in [2.45, 2.75) is 435 Å². The number of Topliss-reactive ketones (excluding diaryl/α,β-unsaturated/α-hetero) is 5. The van der Waals surface area contributed by atoms with Crippen molar-refractivity contribution in [3.05, 3.63) is 0 Å². The smallest absolute Gasteiger partial charge is 0.243 e. The van der Waals surface area contributed by atoms with Crippen LogP contribution in [0.3, 0.4) is 0 Å². The Hall–Kier alpha value is -5.15. The molecule has 8 atom stereocenters. The molecule has 0 aliphatic carbocycles. The van der Waals surface area contributed by atoms with Crippen LogP contribution in [0.4, 0.5) is 0 Å². The largest absolute Gasteiger partial charge is 0.346 e. The van der Waals surface area contributed by atoms with Crippen LogP contribution >= 0.6 is 0 Å². The van der Waals surface area contributed by atoms with Gasteiger partial charge in [-0.3, -0.25) is 52.7 Å². The molecule has 22 N–H and O–H groups in total. The van der Waals surface area contributed by atoms with Gasteiger partial charge in [0.15, 0.2) is 11.6 Å². The molecule has 0 saturated heterocycles. The minimum Gasteiger partial charge on any atom is -0.346 e. The van der Waals surface area contributed by atoms with Gasteiger partial charge in [0.25, 0.3) is 0 Å². The number of nitrogens with one attached hydrogen (secondary N) is 6. The number of ketones is 5. The Bertz CT molecular complexity index is 2440. The van der Waals surface area contributed by atoms with E-state index >= 15 is 0 Å². The third-order valence-corrected chi connectivity index (χ3v) is 21.7. The molecule has 0 fully saturated rings. The van der Waals surface area contributed by atoms with Gasteiger partial charge in [-0.05, 0) is 219 Å². The molecular formula is C87H168N14O11. The summed E-state index contributed by atoms with van der Waals surface area (Å²) in [7, 11) is 0. The van der Waals surface area contributed by atoms with Crippen LogP contribution in [0.15, 0.2) is 0 Å². The normalized spacial score (nSPS) is 13.6. The molecule has 0 heterocycles. The van der Waals surface area contributed by atoms with Gasteiger partial charge in [0.1, 0.15) is 17.9 Å². The van der Waals surface area contributed by atoms with Crippen molar-refractivity contribution in [1.82, 2.24) is 31.9 Å². The number of hydrogen-bond donors (Lipinski definition) is 14. The van der Waals surface area contributed by atoms with E-state index in [2.05, 4.69) is 38.8 Å². The molecule has 0 aromatic carbocycles. The Morgan fingerprint density at radius 2 is 0.446 bits per heavy atom. The van der Waals surface area contributed by atoms with Crippen LogP contribution in [0.2, 0.25) is 0 Å². The van der Waals surface area contributed by atoms with E-state index in [9.17, 15) is 52.7 Å². The number of carbonyl (C=O) groups is 11. The highest BCUT2D eigenvalue weighted by Gasteiger charge is 2.34. The summed E-state index contributed by atoms with van der Waals surface area (Å²) < 4.78 is 0. The lowest BCUT2D eigenvalue weighted by Crippen LogP contribution is -2.51. The lowest BCUT2D eigenvalue weighted by atomic mass is 9.94. The lowest BCUT2D eigenvalue weighted by molar-refractivity contribution is -0.141. The van der Waals surface area contributed by atoms with Crippen molar-refractivity contribution < 1.29 is 52.7 Å². The molecule has 25 heteroatoms. The van der Waals surface area contributed by atoms with Crippen molar-refractivity contribution in [3.8, 4) is 0 Å². The van der Waals surface area contributed by atoms with Crippen LogP contribution in [0.1, 0.15) is 393 Å². The molecule has 0 spiro atoms. The molecule has 8 unspecified atom stereocenters. The van der Waals surface area contributed by atoms with Gasteiger partial charge in [0.2, 0.25) is 47.0 Å². The first kappa shape index (κ1) is 107. The Balaban J connectivity index is 5.07. The first-order valence-electron chi connectivity index (χ1n) is 45.4. The van der Waals surface area contributed by atoms with Gasteiger partial charge in [-0.2, -0.15) is 0 Å². The summed E-state index contributed by atoms with van der Waals surface area (Å²) in [6, 6.07) is -5.27. The molecule has 0 aliphatic heterocycles. The average molecular weight is 1590 g/mol. The third kappa shape index (κ3) is 59.5. The van der Waals surface area contributed by atoms with Gasteiger partial charge >= 0.3 is 0 Å². The lowest BCUT2D eigenvalue weighted by Gasteiger charge is -2.23. The van der Waals surface area contributed by atoms with Crippen LogP contribution in [-0.2, 0) is 52.7 Å². The van der Waals surface area contributed by atoms with E-state index in [1.54, 1.807) is 0 Å². The molecule has 0 aromatic rings. The highest BCUT2D eigenvalue weighted by Crippen LogP contribution is 2.20. The maximum absolute atomic E-state index is 13.9. The van der Waals surface area contributed by atoms with E-state index < -0.39 is 47.8 Å². The minimum atomic E-state index is -0.999. The van der Waals surface area contributed by atoms with Gasteiger partial charge in [-0.15, -0.1) is 0 Å². The number of hydrogen-bond acceptors (Lipinski definition) is 19. The van der Waals surface area contributed by atoms with Gasteiger partial charge in [-0.25, -0.2) is 0 Å². The standard InChI is InChI=1S/C87H168N14O11/c1-3-4-5-6-13-20-27-48-69(2)85(110)101-74(53-38-45-66-92)84(109)83(108)73(52-37-44-65-91)96-80(105)59-31-24-17-11-8-15-22-29-57-78(103)71(50-35-42-63-89)99-87(112)76(55-40-47-68-94)98-82(107)61-33-26-19-12-9-16-23-30-58-79(104)72(51-36-43-64-90)100-86(111)75(54-39-46-67-93)97-81(106)60-32-25-18-10-7-14-21-28-56-77(102)70(95)49-34-41-62-88/h69-76H,3-68,88-95H2,1-2H3,(H,96,105)(H,97,106)(H,98,107)(H,99,112)(H,100,111)(H,101,110). The van der Waals surface area contributed by atoms with E-state index in [0.29, 0.717) is 213 Å². The van der Waals surface area contributed by atoms with E-state index in [1.807, 2.05) is 6.92 Å². The Kier molecular flexibility index (Phi) is 72.4. The molecule has 6 amide bonds. The van der Waals surface area contributed by atoms with Crippen molar-refractivity contribution >= 4 is 64.4 Å². The second kappa shape index (κ2) is 75.9. The molecule has 0 aliphatic rings. The fraction of sp³-hybridized carbons (Fsp3) is 0.874. The Labute approximate surface area is 678 Å². The monoisotopic (exact) mass is 1590 g/mol. The Morgan fingerprint density at radius 1 is 0.223 bits per heavy atom. The topological polar surface area (TPSA) is 468 Å². The third-order valence-electron chi connectivity index (χ3n) is 21.7. The highest BCUT2D eigenvalue weighted by atomic mass is 16.2. The van der Waals surface area contributed by atoms with Gasteiger partial charge in [0, 0.05) is 44.4 Å². The first-order valence-corrected chi connectivity index (χ1v) is 45.4. The summed E-state index contributed by atoms with van der Waals surface area (Å²) in [6.07, 6.45) is 44.8. The van der Waals surface area contributed by atoms with Crippen LogP contribution in [0.5, 0.6) is 0 Å². The summed E-state index contributed by atoms with van der Waals surface area (Å²) in [5.74, 6) is -3.22. The number of unbranched alkanes of at least 4 members (excludes halogenated alkanes) is 34. The SMILES string of the molecule is CCCCCCCCCC(C)C(=O)NC(CCCCN)C(=O)C(=O)C(CCCCN)NC(=O)CCCCCCCCCCC(=O)C(CCCCN)NC(=O)C(CCCCN)NC(=O)CCCCCCCCCCC(=O)C(CCCCN)NC(=O)C(CCCCN)NC(=O)CCCCCCCCCCC(=O)C(N)CCCCN. The zero-order valence-corrected chi connectivity index (χ0v) is 70.9. The zero-order valence-electron chi connectivity index (χ0n) is 70.9. The number of rotatable bonds is 84. The molecule has 0 saturated carbocycles. The molecule has 0 aromatic heterocycles.